The van der Waals surface area contributed by atoms with Gasteiger partial charge in [-0.05, 0) is 42.5 Å². The van der Waals surface area contributed by atoms with Crippen molar-refractivity contribution in [3.63, 3.8) is 0 Å². The molecule has 5 nitrogen and oxygen atoms in total. The van der Waals surface area contributed by atoms with E-state index in [1.807, 2.05) is 30.3 Å². The molecule has 0 aliphatic carbocycles. The molecule has 0 spiro atoms. The van der Waals surface area contributed by atoms with Gasteiger partial charge in [-0.15, -0.1) is 0 Å². The summed E-state index contributed by atoms with van der Waals surface area (Å²) in [5, 5.41) is 2.77. The summed E-state index contributed by atoms with van der Waals surface area (Å²) in [7, 11) is 0. The summed E-state index contributed by atoms with van der Waals surface area (Å²) in [6, 6.07) is 13.4. The zero-order chi connectivity index (χ0) is 18.7. The van der Waals surface area contributed by atoms with Gasteiger partial charge in [0.15, 0.2) is 0 Å². The second-order valence-corrected chi connectivity index (χ2v) is 6.75. The maximum atomic E-state index is 13.6. The molecular weight excluding hydrogens is 333 g/mol. The standard InChI is InChI=1S/C20H22FN3O2/c1-13-7-10-18(14-5-3-2-4-6-14)24(12-13)20(26)23-15-8-9-17(21)16(11-15)19(22)25/h2-6,8-9,11,13,18H,7,10,12H2,1H3,(H2,22,25)(H,23,26). The van der Waals surface area contributed by atoms with Gasteiger partial charge in [0, 0.05) is 12.2 Å². The molecule has 0 aromatic heterocycles. The van der Waals surface area contributed by atoms with E-state index in [9.17, 15) is 14.0 Å². The number of likely N-dealkylation sites (tertiary alicyclic amines) is 1. The molecule has 0 saturated carbocycles. The first-order valence-electron chi connectivity index (χ1n) is 8.67. The van der Waals surface area contributed by atoms with Crippen LogP contribution < -0.4 is 11.1 Å². The predicted molar refractivity (Wildman–Crippen MR) is 98.2 cm³/mol. The summed E-state index contributed by atoms with van der Waals surface area (Å²) in [6.45, 7) is 2.75. The highest BCUT2D eigenvalue weighted by Crippen LogP contribution is 2.33. The summed E-state index contributed by atoms with van der Waals surface area (Å²) in [5.41, 5.74) is 6.36. The molecular formula is C20H22FN3O2. The van der Waals surface area contributed by atoms with E-state index in [0.717, 1.165) is 24.5 Å². The molecule has 6 heteroatoms. The van der Waals surface area contributed by atoms with Crippen LogP contribution in [-0.4, -0.2) is 23.4 Å². The zero-order valence-electron chi connectivity index (χ0n) is 14.6. The van der Waals surface area contributed by atoms with Crippen LogP contribution in [0.2, 0.25) is 0 Å². The molecule has 3 amide bonds. The van der Waals surface area contributed by atoms with Crippen molar-refractivity contribution in [3.05, 3.63) is 65.5 Å². The number of nitrogens with one attached hydrogen (secondary N) is 1. The van der Waals surface area contributed by atoms with Crippen LogP contribution in [0.5, 0.6) is 0 Å². The van der Waals surface area contributed by atoms with Gasteiger partial charge in [-0.1, -0.05) is 37.3 Å². The molecule has 3 N–H and O–H groups in total. The lowest BCUT2D eigenvalue weighted by Crippen LogP contribution is -2.43. The predicted octanol–water partition coefficient (Wildman–Crippen LogP) is 3.93. The van der Waals surface area contributed by atoms with Gasteiger partial charge in [-0.25, -0.2) is 9.18 Å². The number of hydrogen-bond donors (Lipinski definition) is 2. The van der Waals surface area contributed by atoms with Gasteiger partial charge in [-0.2, -0.15) is 0 Å². The minimum absolute atomic E-state index is 0.0107. The first-order chi connectivity index (χ1) is 12.5. The van der Waals surface area contributed by atoms with Gasteiger partial charge in [0.25, 0.3) is 5.91 Å². The number of piperidine rings is 1. The third kappa shape index (κ3) is 3.85. The molecule has 1 aliphatic rings. The van der Waals surface area contributed by atoms with E-state index in [0.29, 0.717) is 18.2 Å². The molecule has 2 unspecified atom stereocenters. The van der Waals surface area contributed by atoms with Crippen molar-refractivity contribution in [2.24, 2.45) is 11.7 Å². The van der Waals surface area contributed by atoms with Crippen LogP contribution in [0.4, 0.5) is 14.9 Å². The van der Waals surface area contributed by atoms with Crippen LogP contribution >= 0.6 is 0 Å². The Balaban J connectivity index is 1.82. The zero-order valence-corrected chi connectivity index (χ0v) is 14.6. The molecule has 1 saturated heterocycles. The number of halogens is 1. The maximum Gasteiger partial charge on any atom is 0.322 e. The Labute approximate surface area is 152 Å². The van der Waals surface area contributed by atoms with E-state index in [4.69, 9.17) is 5.73 Å². The van der Waals surface area contributed by atoms with E-state index in [1.165, 1.54) is 12.1 Å². The lowest BCUT2D eigenvalue weighted by Gasteiger charge is -2.39. The number of benzene rings is 2. The number of urea groups is 1. The van der Waals surface area contributed by atoms with Crippen molar-refractivity contribution >= 4 is 17.6 Å². The Hall–Kier alpha value is -2.89. The fourth-order valence-electron chi connectivity index (χ4n) is 3.39. The van der Waals surface area contributed by atoms with Crippen LogP contribution in [0.25, 0.3) is 0 Å². The Morgan fingerprint density at radius 3 is 2.58 bits per heavy atom. The van der Waals surface area contributed by atoms with Crippen LogP contribution in [-0.2, 0) is 0 Å². The first-order valence-corrected chi connectivity index (χ1v) is 8.67. The van der Waals surface area contributed by atoms with Crippen molar-refractivity contribution in [1.82, 2.24) is 4.90 Å². The van der Waals surface area contributed by atoms with E-state index < -0.39 is 11.7 Å². The minimum atomic E-state index is -0.868. The number of primary amides is 1. The summed E-state index contributed by atoms with van der Waals surface area (Å²) in [6.07, 6.45) is 1.93. The fraction of sp³-hybridized carbons (Fsp3) is 0.300. The average molecular weight is 355 g/mol. The lowest BCUT2D eigenvalue weighted by molar-refractivity contribution is 0.0996. The van der Waals surface area contributed by atoms with Crippen LogP contribution in [0.15, 0.2) is 48.5 Å². The summed E-state index contributed by atoms with van der Waals surface area (Å²) >= 11 is 0. The van der Waals surface area contributed by atoms with E-state index >= 15 is 0 Å². The van der Waals surface area contributed by atoms with E-state index in [1.54, 1.807) is 4.90 Å². The highest BCUT2D eigenvalue weighted by atomic mass is 19.1. The molecule has 2 aromatic carbocycles. The molecule has 1 heterocycles. The average Bonchev–Trinajstić information content (AvgIpc) is 2.63. The highest BCUT2D eigenvalue weighted by molar-refractivity contribution is 5.96. The molecule has 3 rings (SSSR count). The molecule has 1 aliphatic heterocycles. The van der Waals surface area contributed by atoms with Crippen molar-refractivity contribution < 1.29 is 14.0 Å². The van der Waals surface area contributed by atoms with Crippen molar-refractivity contribution in [1.29, 1.82) is 0 Å². The normalized spacial score (nSPS) is 19.8. The van der Waals surface area contributed by atoms with Gasteiger partial charge < -0.3 is 16.0 Å². The smallest absolute Gasteiger partial charge is 0.322 e. The number of rotatable bonds is 3. The van der Waals surface area contributed by atoms with Gasteiger partial charge in [-0.3, -0.25) is 4.79 Å². The fourth-order valence-corrected chi connectivity index (χ4v) is 3.39. The van der Waals surface area contributed by atoms with E-state index in [2.05, 4.69) is 12.2 Å². The van der Waals surface area contributed by atoms with E-state index in [-0.39, 0.29) is 17.6 Å². The minimum Gasteiger partial charge on any atom is -0.366 e. The van der Waals surface area contributed by atoms with Gasteiger partial charge in [0.1, 0.15) is 5.82 Å². The first kappa shape index (κ1) is 17.9. The largest absolute Gasteiger partial charge is 0.366 e. The Kier molecular flexibility index (Phi) is 5.21. The number of anilines is 1. The molecule has 2 aromatic rings. The number of hydrogen-bond acceptors (Lipinski definition) is 2. The van der Waals surface area contributed by atoms with Gasteiger partial charge >= 0.3 is 6.03 Å². The molecule has 1 fully saturated rings. The summed E-state index contributed by atoms with van der Waals surface area (Å²) in [5.74, 6) is -1.17. The van der Waals surface area contributed by atoms with Crippen molar-refractivity contribution in [2.45, 2.75) is 25.8 Å². The molecule has 136 valence electrons. The molecule has 2 atom stereocenters. The number of nitrogens with zero attached hydrogens (tertiary/aromatic N) is 1. The number of carbonyl (C=O) groups is 2. The summed E-state index contributed by atoms with van der Waals surface area (Å²) < 4.78 is 13.6. The van der Waals surface area contributed by atoms with Crippen LogP contribution in [0.1, 0.15) is 41.7 Å². The van der Waals surface area contributed by atoms with Crippen LogP contribution in [0, 0.1) is 11.7 Å². The van der Waals surface area contributed by atoms with Gasteiger partial charge in [0.2, 0.25) is 0 Å². The Morgan fingerprint density at radius 2 is 1.88 bits per heavy atom. The molecule has 0 radical (unpaired) electrons. The van der Waals surface area contributed by atoms with Crippen molar-refractivity contribution in [2.75, 3.05) is 11.9 Å². The molecule has 26 heavy (non-hydrogen) atoms. The SMILES string of the molecule is CC1CCC(c2ccccc2)N(C(=O)Nc2ccc(F)c(C(N)=O)c2)C1. The van der Waals surface area contributed by atoms with Gasteiger partial charge in [0.05, 0.1) is 11.6 Å². The highest BCUT2D eigenvalue weighted by Gasteiger charge is 2.31. The Morgan fingerprint density at radius 1 is 1.15 bits per heavy atom. The number of nitrogens with two attached hydrogens (primary N) is 1. The monoisotopic (exact) mass is 355 g/mol. The lowest BCUT2D eigenvalue weighted by atomic mass is 9.90. The quantitative estimate of drug-likeness (QED) is 0.875. The summed E-state index contributed by atoms with van der Waals surface area (Å²) in [4.78, 5) is 26.0. The third-order valence-corrected chi connectivity index (χ3v) is 4.75. The topological polar surface area (TPSA) is 75.4 Å². The molecule has 0 bridgehead atoms. The second-order valence-electron chi connectivity index (χ2n) is 6.75. The maximum absolute atomic E-state index is 13.6. The number of carbonyl (C=O) groups excluding carboxylic acids is 2. The number of amides is 3. The van der Waals surface area contributed by atoms with Crippen LogP contribution in [0.3, 0.4) is 0 Å². The second kappa shape index (κ2) is 7.56. The third-order valence-electron chi connectivity index (χ3n) is 4.75. The Bertz CT molecular complexity index is 810. The van der Waals surface area contributed by atoms with Crippen molar-refractivity contribution in [3.8, 4) is 0 Å².